The molecule has 1 rings (SSSR count). The van der Waals surface area contributed by atoms with Crippen molar-refractivity contribution in [2.45, 2.75) is 32.2 Å². The Morgan fingerprint density at radius 2 is 2.00 bits per heavy atom. The van der Waals surface area contributed by atoms with E-state index in [0.29, 0.717) is 6.61 Å². The molecule has 0 radical (unpaired) electrons. The van der Waals surface area contributed by atoms with Gasteiger partial charge in [0.1, 0.15) is 5.75 Å². The van der Waals surface area contributed by atoms with Crippen LogP contribution in [0.4, 0.5) is 0 Å². The molecule has 0 saturated heterocycles. The van der Waals surface area contributed by atoms with Gasteiger partial charge < -0.3 is 10.5 Å². The molecular weight excluding hydrogens is 358 g/mol. The summed E-state index contributed by atoms with van der Waals surface area (Å²) in [6.07, 6.45) is 7.63. The third-order valence-corrected chi connectivity index (χ3v) is 3.51. The normalized spacial score (nSPS) is 11.9. The summed E-state index contributed by atoms with van der Waals surface area (Å²) in [5.74, 6) is 3.42. The van der Waals surface area contributed by atoms with Crippen LogP contribution >= 0.6 is 31.9 Å². The molecule has 4 heteroatoms. The minimum Gasteiger partial charge on any atom is -0.491 e. The molecule has 0 bridgehead atoms. The molecule has 2 N–H and O–H groups in total. The van der Waals surface area contributed by atoms with Crippen LogP contribution in [0.2, 0.25) is 0 Å². The van der Waals surface area contributed by atoms with Crippen molar-refractivity contribution in [3.63, 3.8) is 0 Å². The van der Waals surface area contributed by atoms with E-state index in [1.807, 2.05) is 19.1 Å². The molecule has 0 heterocycles. The van der Waals surface area contributed by atoms with Gasteiger partial charge in [-0.1, -0.05) is 0 Å². The van der Waals surface area contributed by atoms with E-state index in [1.165, 1.54) is 5.56 Å². The smallest absolute Gasteiger partial charge is 0.147 e. The maximum Gasteiger partial charge on any atom is 0.147 e. The molecule has 0 aliphatic carbocycles. The van der Waals surface area contributed by atoms with E-state index in [-0.39, 0.29) is 6.04 Å². The zero-order valence-corrected chi connectivity index (χ0v) is 13.6. The fourth-order valence-electron chi connectivity index (χ4n) is 1.59. The molecule has 0 aliphatic rings. The van der Waals surface area contributed by atoms with Gasteiger partial charge in [-0.3, -0.25) is 0 Å². The topological polar surface area (TPSA) is 35.2 Å². The first-order valence-corrected chi connectivity index (χ1v) is 7.43. The standard InChI is InChI=1S/C14H17Br2NO/c1-3-4-5-6-18-14-12(15)8-11(7-10(2)17)9-13(14)16/h1,8-10H,4-7,17H2,2H3. The van der Waals surface area contributed by atoms with Gasteiger partial charge in [0.2, 0.25) is 0 Å². The van der Waals surface area contributed by atoms with Crippen LogP contribution < -0.4 is 10.5 Å². The summed E-state index contributed by atoms with van der Waals surface area (Å²) in [5.41, 5.74) is 6.98. The van der Waals surface area contributed by atoms with Gasteiger partial charge in [0.05, 0.1) is 15.6 Å². The van der Waals surface area contributed by atoms with Crippen LogP contribution in [0.3, 0.4) is 0 Å². The summed E-state index contributed by atoms with van der Waals surface area (Å²) in [4.78, 5) is 0. The second kappa shape index (κ2) is 7.83. The van der Waals surface area contributed by atoms with E-state index < -0.39 is 0 Å². The Morgan fingerprint density at radius 1 is 1.39 bits per heavy atom. The Bertz CT molecular complexity index is 415. The molecule has 0 spiro atoms. The summed E-state index contributed by atoms with van der Waals surface area (Å²) >= 11 is 7.04. The molecule has 1 atom stereocenters. The third kappa shape index (κ3) is 5.01. The first kappa shape index (κ1) is 15.6. The van der Waals surface area contributed by atoms with Crippen molar-refractivity contribution in [1.29, 1.82) is 0 Å². The monoisotopic (exact) mass is 373 g/mol. The van der Waals surface area contributed by atoms with Crippen LogP contribution in [0.1, 0.15) is 25.3 Å². The first-order chi connectivity index (χ1) is 8.54. The quantitative estimate of drug-likeness (QED) is 0.605. The van der Waals surface area contributed by atoms with Crippen LogP contribution in [0.15, 0.2) is 21.1 Å². The third-order valence-electron chi connectivity index (χ3n) is 2.33. The molecule has 1 aromatic carbocycles. The molecule has 98 valence electrons. The lowest BCUT2D eigenvalue weighted by Gasteiger charge is -2.13. The molecule has 18 heavy (non-hydrogen) atoms. The average Bonchev–Trinajstić information content (AvgIpc) is 2.26. The summed E-state index contributed by atoms with van der Waals surface area (Å²) in [7, 11) is 0. The van der Waals surface area contributed by atoms with E-state index in [0.717, 1.165) is 34.0 Å². The van der Waals surface area contributed by atoms with Gasteiger partial charge >= 0.3 is 0 Å². The number of benzene rings is 1. The molecule has 0 amide bonds. The molecule has 0 fully saturated rings. The van der Waals surface area contributed by atoms with E-state index in [2.05, 4.69) is 37.8 Å². The van der Waals surface area contributed by atoms with E-state index in [9.17, 15) is 0 Å². The van der Waals surface area contributed by atoms with Crippen molar-refractivity contribution in [3.05, 3.63) is 26.6 Å². The Balaban J connectivity index is 2.72. The van der Waals surface area contributed by atoms with E-state index >= 15 is 0 Å². The number of nitrogens with two attached hydrogens (primary N) is 1. The zero-order chi connectivity index (χ0) is 13.5. The highest BCUT2D eigenvalue weighted by Gasteiger charge is 2.09. The van der Waals surface area contributed by atoms with Crippen LogP contribution in [0.5, 0.6) is 5.75 Å². The first-order valence-electron chi connectivity index (χ1n) is 5.84. The summed E-state index contributed by atoms with van der Waals surface area (Å²) in [6.45, 7) is 2.61. The maximum atomic E-state index is 5.80. The highest BCUT2D eigenvalue weighted by molar-refractivity contribution is 9.11. The number of hydrogen-bond donors (Lipinski definition) is 1. The summed E-state index contributed by atoms with van der Waals surface area (Å²) in [5, 5.41) is 0. The molecule has 1 aromatic rings. The highest BCUT2D eigenvalue weighted by Crippen LogP contribution is 2.35. The Labute approximate surface area is 126 Å². The van der Waals surface area contributed by atoms with Gasteiger partial charge in [-0.2, -0.15) is 0 Å². The summed E-state index contributed by atoms with van der Waals surface area (Å²) < 4.78 is 7.59. The fourth-order valence-corrected chi connectivity index (χ4v) is 3.10. The van der Waals surface area contributed by atoms with Crippen molar-refractivity contribution in [1.82, 2.24) is 0 Å². The van der Waals surface area contributed by atoms with Gasteiger partial charge in [-0.05, 0) is 69.3 Å². The second-order valence-electron chi connectivity index (χ2n) is 4.23. The van der Waals surface area contributed by atoms with Crippen molar-refractivity contribution in [3.8, 4) is 18.1 Å². The number of hydrogen-bond acceptors (Lipinski definition) is 2. The molecule has 1 unspecified atom stereocenters. The average molecular weight is 375 g/mol. The minimum absolute atomic E-state index is 0.145. The Morgan fingerprint density at radius 3 is 2.50 bits per heavy atom. The fraction of sp³-hybridized carbons (Fsp3) is 0.429. The van der Waals surface area contributed by atoms with Gasteiger partial charge in [-0.25, -0.2) is 0 Å². The van der Waals surface area contributed by atoms with Crippen LogP contribution in [0, 0.1) is 12.3 Å². The van der Waals surface area contributed by atoms with Crippen LogP contribution in [0.25, 0.3) is 0 Å². The van der Waals surface area contributed by atoms with Crippen molar-refractivity contribution in [2.75, 3.05) is 6.61 Å². The lowest BCUT2D eigenvalue weighted by molar-refractivity contribution is 0.309. The predicted octanol–water partition coefficient (Wildman–Crippen LogP) is 3.89. The Kier molecular flexibility index (Phi) is 6.77. The predicted molar refractivity (Wildman–Crippen MR) is 82.8 cm³/mol. The van der Waals surface area contributed by atoms with Crippen LogP contribution in [-0.2, 0) is 6.42 Å². The minimum atomic E-state index is 0.145. The van der Waals surface area contributed by atoms with Gasteiger partial charge in [0, 0.05) is 12.5 Å². The van der Waals surface area contributed by atoms with Crippen LogP contribution in [-0.4, -0.2) is 12.6 Å². The van der Waals surface area contributed by atoms with E-state index in [1.54, 1.807) is 0 Å². The number of ether oxygens (including phenoxy) is 1. The molecule has 0 aromatic heterocycles. The van der Waals surface area contributed by atoms with Crippen molar-refractivity contribution in [2.24, 2.45) is 5.73 Å². The Hall–Kier alpha value is -0.500. The molecule has 0 aliphatic heterocycles. The lowest BCUT2D eigenvalue weighted by Crippen LogP contribution is -2.17. The SMILES string of the molecule is C#CCCCOc1c(Br)cc(CC(C)N)cc1Br. The van der Waals surface area contributed by atoms with E-state index in [4.69, 9.17) is 16.9 Å². The number of halogens is 2. The highest BCUT2D eigenvalue weighted by atomic mass is 79.9. The zero-order valence-electron chi connectivity index (χ0n) is 10.4. The number of unbranched alkanes of at least 4 members (excludes halogenated alkanes) is 1. The molecule has 2 nitrogen and oxygen atoms in total. The molecular formula is C14H17Br2NO. The lowest BCUT2D eigenvalue weighted by atomic mass is 10.1. The largest absolute Gasteiger partial charge is 0.491 e. The second-order valence-corrected chi connectivity index (χ2v) is 5.93. The number of rotatable bonds is 6. The van der Waals surface area contributed by atoms with Crippen molar-refractivity contribution >= 4 is 31.9 Å². The summed E-state index contributed by atoms with van der Waals surface area (Å²) in [6, 6.07) is 4.24. The van der Waals surface area contributed by atoms with Crippen molar-refractivity contribution < 1.29 is 4.74 Å². The number of terminal acetylenes is 1. The van der Waals surface area contributed by atoms with Gasteiger partial charge in [0.15, 0.2) is 0 Å². The maximum absolute atomic E-state index is 5.80. The van der Waals surface area contributed by atoms with Gasteiger partial charge in [0.25, 0.3) is 0 Å². The van der Waals surface area contributed by atoms with Gasteiger partial charge in [-0.15, -0.1) is 12.3 Å². The molecule has 0 saturated carbocycles.